The Morgan fingerprint density at radius 3 is 2.08 bits per heavy atom. The monoisotopic (exact) mass is 562 g/mol. The van der Waals surface area contributed by atoms with E-state index in [1.54, 1.807) is 0 Å². The summed E-state index contributed by atoms with van der Waals surface area (Å²) in [6.45, 7) is 4.00. The Labute approximate surface area is 113 Å². The summed E-state index contributed by atoms with van der Waals surface area (Å²) >= 11 is 0. The SMILES string of the molecule is CCCCC(CC)C(=O)O.[Bi].[Bi]. The second-order valence-corrected chi connectivity index (χ2v) is 2.59. The first-order valence-corrected chi connectivity index (χ1v) is 3.95. The van der Waals surface area contributed by atoms with Gasteiger partial charge in [-0.05, 0) is 12.8 Å². The molecule has 0 bridgehead atoms. The average Bonchev–Trinajstić information content (AvgIpc) is 1.89. The van der Waals surface area contributed by atoms with Crippen molar-refractivity contribution in [3.8, 4) is 0 Å². The van der Waals surface area contributed by atoms with E-state index >= 15 is 0 Å². The van der Waals surface area contributed by atoms with Crippen LogP contribution in [0.25, 0.3) is 0 Å². The van der Waals surface area contributed by atoms with E-state index in [1.807, 2.05) is 6.92 Å². The Balaban J connectivity index is -0.000000405. The molecule has 0 rings (SSSR count). The van der Waals surface area contributed by atoms with E-state index in [-0.39, 0.29) is 58.3 Å². The first kappa shape index (κ1) is 18.9. The van der Waals surface area contributed by atoms with Crippen LogP contribution < -0.4 is 0 Å². The van der Waals surface area contributed by atoms with Gasteiger partial charge >= 0.3 is 5.97 Å². The van der Waals surface area contributed by atoms with E-state index in [2.05, 4.69) is 6.92 Å². The molecule has 0 saturated heterocycles. The van der Waals surface area contributed by atoms with Crippen molar-refractivity contribution < 1.29 is 9.90 Å². The quantitative estimate of drug-likeness (QED) is 0.517. The van der Waals surface area contributed by atoms with Crippen LogP contribution in [-0.2, 0) is 4.79 Å². The van der Waals surface area contributed by atoms with Crippen molar-refractivity contribution in [3.05, 3.63) is 0 Å². The molecule has 0 heterocycles. The van der Waals surface area contributed by atoms with Gasteiger partial charge in [0.15, 0.2) is 0 Å². The van der Waals surface area contributed by atoms with Gasteiger partial charge < -0.3 is 5.11 Å². The summed E-state index contributed by atoms with van der Waals surface area (Å²) in [5.74, 6) is -0.754. The van der Waals surface area contributed by atoms with Crippen molar-refractivity contribution in [3.63, 3.8) is 0 Å². The van der Waals surface area contributed by atoms with Crippen molar-refractivity contribution >= 4 is 58.4 Å². The molecule has 0 amide bonds. The van der Waals surface area contributed by atoms with Crippen LogP contribution in [0.15, 0.2) is 0 Å². The molecule has 2 nitrogen and oxygen atoms in total. The molecule has 6 radical (unpaired) electrons. The third-order valence-electron chi connectivity index (χ3n) is 1.75. The van der Waals surface area contributed by atoms with Gasteiger partial charge in [0.1, 0.15) is 0 Å². The van der Waals surface area contributed by atoms with Gasteiger partial charge in [0.2, 0.25) is 0 Å². The zero-order chi connectivity index (χ0) is 7.98. The van der Waals surface area contributed by atoms with E-state index in [0.29, 0.717) is 0 Å². The van der Waals surface area contributed by atoms with Crippen molar-refractivity contribution in [1.82, 2.24) is 0 Å². The van der Waals surface area contributed by atoms with Crippen LogP contribution in [0.4, 0.5) is 0 Å². The van der Waals surface area contributed by atoms with Gasteiger partial charge in [0.05, 0.1) is 5.92 Å². The second-order valence-electron chi connectivity index (χ2n) is 2.59. The maximum atomic E-state index is 10.4. The zero-order valence-corrected chi connectivity index (χ0v) is 14.6. The smallest absolute Gasteiger partial charge is 0.306 e. The Hall–Kier alpha value is 1.24. The van der Waals surface area contributed by atoms with Gasteiger partial charge in [-0.2, -0.15) is 0 Å². The number of aliphatic carboxylic acids is 1. The first-order chi connectivity index (χ1) is 4.72. The summed E-state index contributed by atoms with van der Waals surface area (Å²) in [6.07, 6.45) is 3.71. The van der Waals surface area contributed by atoms with E-state index in [4.69, 9.17) is 5.11 Å². The van der Waals surface area contributed by atoms with E-state index < -0.39 is 5.97 Å². The Morgan fingerprint density at radius 1 is 1.33 bits per heavy atom. The minimum absolute atomic E-state index is 0. The molecule has 0 aliphatic heterocycles. The first-order valence-electron chi connectivity index (χ1n) is 3.95. The van der Waals surface area contributed by atoms with Gasteiger partial charge in [-0.15, -0.1) is 0 Å². The van der Waals surface area contributed by atoms with Crippen LogP contribution in [0.5, 0.6) is 0 Å². The van der Waals surface area contributed by atoms with E-state index in [1.165, 1.54) is 0 Å². The molecule has 4 heteroatoms. The standard InChI is InChI=1S/C8H16O2.2Bi/c1-3-5-6-7(4-2)8(9)10;;/h7H,3-6H2,1-2H3,(H,9,10);;. The molecule has 0 aromatic rings. The van der Waals surface area contributed by atoms with Crippen molar-refractivity contribution in [2.24, 2.45) is 5.92 Å². The third kappa shape index (κ3) is 9.33. The second kappa shape index (κ2) is 12.2. The molecule has 1 atom stereocenters. The summed E-state index contributed by atoms with van der Waals surface area (Å²) in [4.78, 5) is 10.4. The Kier molecular flexibility index (Phi) is 19.3. The normalized spacial score (nSPS) is 10.8. The molecule has 0 aliphatic rings. The molecule has 0 aliphatic carbocycles. The van der Waals surface area contributed by atoms with Crippen LogP contribution >= 0.6 is 0 Å². The average molecular weight is 562 g/mol. The molecular weight excluding hydrogens is 546 g/mol. The fourth-order valence-corrected chi connectivity index (χ4v) is 0.953. The number of carboxylic acid groups (broad SMARTS) is 1. The molecule has 0 spiro atoms. The third-order valence-corrected chi connectivity index (χ3v) is 1.75. The molecular formula is C8H16Bi2O2. The molecule has 0 aromatic heterocycles. The zero-order valence-electron chi connectivity index (χ0n) is 7.66. The number of rotatable bonds is 5. The van der Waals surface area contributed by atoms with Gasteiger partial charge in [0, 0.05) is 52.4 Å². The van der Waals surface area contributed by atoms with Crippen molar-refractivity contribution in [2.75, 3.05) is 0 Å². The minimum Gasteiger partial charge on any atom is -0.481 e. The molecule has 1 unspecified atom stereocenters. The van der Waals surface area contributed by atoms with Crippen molar-refractivity contribution in [1.29, 1.82) is 0 Å². The summed E-state index contributed by atoms with van der Waals surface area (Å²) in [6, 6.07) is 0. The largest absolute Gasteiger partial charge is 0.481 e. The van der Waals surface area contributed by atoms with E-state index in [9.17, 15) is 4.79 Å². The fourth-order valence-electron chi connectivity index (χ4n) is 0.953. The van der Waals surface area contributed by atoms with Gasteiger partial charge in [-0.1, -0.05) is 26.7 Å². The molecule has 0 fully saturated rings. The topological polar surface area (TPSA) is 37.3 Å². The summed E-state index contributed by atoms with van der Waals surface area (Å²) in [5, 5.41) is 8.60. The summed E-state index contributed by atoms with van der Waals surface area (Å²) in [5.41, 5.74) is 0. The van der Waals surface area contributed by atoms with Gasteiger partial charge in [-0.25, -0.2) is 0 Å². The summed E-state index contributed by atoms with van der Waals surface area (Å²) < 4.78 is 0. The summed E-state index contributed by atoms with van der Waals surface area (Å²) in [7, 11) is 0. The minimum atomic E-state index is -0.643. The van der Waals surface area contributed by atoms with Crippen LogP contribution in [0, 0.1) is 5.92 Å². The molecule has 70 valence electrons. The van der Waals surface area contributed by atoms with Crippen LogP contribution in [0.2, 0.25) is 0 Å². The molecule has 0 aromatic carbocycles. The number of unbranched alkanes of at least 4 members (excludes halogenated alkanes) is 1. The Morgan fingerprint density at radius 2 is 1.83 bits per heavy atom. The molecule has 0 saturated carbocycles. The van der Waals surface area contributed by atoms with Crippen LogP contribution in [-0.4, -0.2) is 63.5 Å². The molecule has 1 N–H and O–H groups in total. The fraction of sp³-hybridized carbons (Fsp3) is 0.875. The Bertz CT molecular complexity index is 107. The van der Waals surface area contributed by atoms with Gasteiger partial charge in [-0.3, -0.25) is 4.79 Å². The predicted octanol–water partition coefficient (Wildman–Crippen LogP) is 1.53. The van der Waals surface area contributed by atoms with Crippen LogP contribution in [0.3, 0.4) is 0 Å². The number of hydrogen-bond acceptors (Lipinski definition) is 1. The molecule has 12 heavy (non-hydrogen) atoms. The van der Waals surface area contributed by atoms with E-state index in [0.717, 1.165) is 25.7 Å². The van der Waals surface area contributed by atoms with Crippen LogP contribution in [0.1, 0.15) is 39.5 Å². The number of carboxylic acids is 1. The maximum Gasteiger partial charge on any atom is 0.306 e. The predicted molar refractivity (Wildman–Crippen MR) is 52.4 cm³/mol. The number of carbonyl (C=O) groups is 1. The number of hydrogen-bond donors (Lipinski definition) is 1. The van der Waals surface area contributed by atoms with Crippen molar-refractivity contribution in [2.45, 2.75) is 39.5 Å². The maximum absolute atomic E-state index is 10.4. The van der Waals surface area contributed by atoms with Gasteiger partial charge in [0.25, 0.3) is 0 Å².